The van der Waals surface area contributed by atoms with Gasteiger partial charge in [-0.1, -0.05) is 59.2 Å². The van der Waals surface area contributed by atoms with E-state index in [4.69, 9.17) is 16.1 Å². The highest BCUT2D eigenvalue weighted by Gasteiger charge is 2.11. The highest BCUT2D eigenvalue weighted by Crippen LogP contribution is 2.25. The van der Waals surface area contributed by atoms with Gasteiger partial charge < -0.3 is 9.84 Å². The first-order valence-corrected chi connectivity index (χ1v) is 8.98. The molecule has 0 spiro atoms. The lowest BCUT2D eigenvalue weighted by atomic mass is 10.1. The summed E-state index contributed by atoms with van der Waals surface area (Å²) in [7, 11) is 0. The van der Waals surface area contributed by atoms with Gasteiger partial charge in [-0.25, -0.2) is 0 Å². The maximum atomic E-state index is 11.9. The molecule has 0 radical (unpaired) electrons. The molecule has 1 amide bonds. The van der Waals surface area contributed by atoms with Crippen molar-refractivity contribution < 1.29 is 9.32 Å². The minimum atomic E-state index is 0.0340. The molecule has 0 saturated heterocycles. The van der Waals surface area contributed by atoms with Crippen molar-refractivity contribution in [3.05, 3.63) is 71.1 Å². The van der Waals surface area contributed by atoms with Gasteiger partial charge in [0.05, 0.1) is 5.02 Å². The highest BCUT2D eigenvalue weighted by molar-refractivity contribution is 6.33. The molecule has 0 aliphatic rings. The number of halogens is 1. The number of benzene rings is 2. The number of carbonyl (C=O) groups is 1. The molecule has 0 bridgehead atoms. The van der Waals surface area contributed by atoms with Crippen LogP contribution in [0.3, 0.4) is 0 Å². The fourth-order valence-electron chi connectivity index (χ4n) is 2.59. The van der Waals surface area contributed by atoms with E-state index < -0.39 is 0 Å². The Balaban J connectivity index is 1.40. The fraction of sp³-hybridized carbons (Fsp3) is 0.250. The van der Waals surface area contributed by atoms with Gasteiger partial charge in [-0.05, 0) is 30.5 Å². The van der Waals surface area contributed by atoms with Crippen molar-refractivity contribution in [3.8, 4) is 11.4 Å². The van der Waals surface area contributed by atoms with Crippen LogP contribution in [0.15, 0.2) is 59.1 Å². The topological polar surface area (TPSA) is 68.0 Å². The van der Waals surface area contributed by atoms with E-state index in [2.05, 4.69) is 27.6 Å². The maximum absolute atomic E-state index is 11.9. The third-order valence-electron chi connectivity index (χ3n) is 3.96. The zero-order valence-electron chi connectivity index (χ0n) is 14.3. The molecule has 0 saturated carbocycles. The number of hydrogen-bond donors (Lipinski definition) is 1. The van der Waals surface area contributed by atoms with Gasteiger partial charge in [0.2, 0.25) is 17.6 Å². The predicted molar refractivity (Wildman–Crippen MR) is 101 cm³/mol. The van der Waals surface area contributed by atoms with Crippen molar-refractivity contribution in [2.75, 3.05) is 6.54 Å². The predicted octanol–water partition coefficient (Wildman–Crippen LogP) is 4.07. The van der Waals surface area contributed by atoms with Crippen molar-refractivity contribution in [2.45, 2.75) is 25.7 Å². The minimum absolute atomic E-state index is 0.0340. The second-order valence-electron chi connectivity index (χ2n) is 5.93. The SMILES string of the molecule is O=C(CCCc1nc(-c2ccccc2Cl)no1)NCCc1ccccc1. The van der Waals surface area contributed by atoms with E-state index in [0.717, 1.165) is 12.0 Å². The summed E-state index contributed by atoms with van der Waals surface area (Å²) in [5.74, 6) is 1.02. The van der Waals surface area contributed by atoms with Crippen LogP contribution in [0.5, 0.6) is 0 Å². The van der Waals surface area contributed by atoms with Crippen LogP contribution in [0.25, 0.3) is 11.4 Å². The molecule has 0 fully saturated rings. The Kier molecular flexibility index (Phi) is 6.39. The molecule has 1 N–H and O–H groups in total. The van der Waals surface area contributed by atoms with Crippen molar-refractivity contribution in [1.82, 2.24) is 15.5 Å². The van der Waals surface area contributed by atoms with Gasteiger partial charge in [-0.2, -0.15) is 4.98 Å². The average molecular weight is 370 g/mol. The zero-order valence-corrected chi connectivity index (χ0v) is 15.1. The number of rotatable bonds is 8. The molecule has 1 aromatic heterocycles. The Morgan fingerprint density at radius 1 is 1.04 bits per heavy atom. The number of aromatic nitrogens is 2. The van der Waals surface area contributed by atoms with Crippen LogP contribution in [-0.4, -0.2) is 22.6 Å². The molecular formula is C20H20ClN3O2. The highest BCUT2D eigenvalue weighted by atomic mass is 35.5. The third kappa shape index (κ3) is 5.17. The summed E-state index contributed by atoms with van der Waals surface area (Å²) < 4.78 is 5.24. The normalized spacial score (nSPS) is 10.7. The maximum Gasteiger partial charge on any atom is 0.226 e. The molecule has 6 heteroatoms. The van der Waals surface area contributed by atoms with Gasteiger partial charge >= 0.3 is 0 Å². The Hall–Kier alpha value is -2.66. The van der Waals surface area contributed by atoms with Crippen molar-refractivity contribution >= 4 is 17.5 Å². The number of amides is 1. The summed E-state index contributed by atoms with van der Waals surface area (Å²) >= 11 is 6.13. The summed E-state index contributed by atoms with van der Waals surface area (Å²) in [4.78, 5) is 16.2. The Labute approximate surface area is 157 Å². The average Bonchev–Trinajstić information content (AvgIpc) is 3.12. The smallest absolute Gasteiger partial charge is 0.226 e. The third-order valence-corrected chi connectivity index (χ3v) is 4.29. The minimum Gasteiger partial charge on any atom is -0.356 e. The summed E-state index contributed by atoms with van der Waals surface area (Å²) in [5.41, 5.74) is 1.95. The molecule has 134 valence electrons. The van der Waals surface area contributed by atoms with Crippen LogP contribution in [0, 0.1) is 0 Å². The van der Waals surface area contributed by atoms with E-state index >= 15 is 0 Å². The van der Waals surface area contributed by atoms with Gasteiger partial charge in [0.15, 0.2) is 0 Å². The van der Waals surface area contributed by atoms with E-state index in [-0.39, 0.29) is 5.91 Å². The summed E-state index contributed by atoms with van der Waals surface area (Å²) in [6.45, 7) is 0.639. The van der Waals surface area contributed by atoms with E-state index in [0.29, 0.717) is 42.5 Å². The number of aryl methyl sites for hydroxylation is 1. The summed E-state index contributed by atoms with van der Waals surface area (Å²) in [6.07, 6.45) is 2.47. The molecule has 3 rings (SSSR count). The molecular weight excluding hydrogens is 350 g/mol. The lowest BCUT2D eigenvalue weighted by Gasteiger charge is -2.04. The second kappa shape index (κ2) is 9.15. The monoisotopic (exact) mass is 369 g/mol. The zero-order chi connectivity index (χ0) is 18.2. The van der Waals surface area contributed by atoms with E-state index in [9.17, 15) is 4.79 Å². The molecule has 1 heterocycles. The van der Waals surface area contributed by atoms with Crippen LogP contribution in [-0.2, 0) is 17.6 Å². The van der Waals surface area contributed by atoms with E-state index in [1.165, 1.54) is 5.56 Å². The first kappa shape index (κ1) is 18.1. The van der Waals surface area contributed by atoms with E-state index in [1.54, 1.807) is 6.07 Å². The number of nitrogens with zero attached hydrogens (tertiary/aromatic N) is 2. The first-order chi connectivity index (χ1) is 12.7. The van der Waals surface area contributed by atoms with Gasteiger partial charge in [-0.3, -0.25) is 4.79 Å². The van der Waals surface area contributed by atoms with Crippen molar-refractivity contribution in [3.63, 3.8) is 0 Å². The quantitative estimate of drug-likeness (QED) is 0.649. The van der Waals surface area contributed by atoms with Crippen molar-refractivity contribution in [2.24, 2.45) is 0 Å². The molecule has 2 aromatic carbocycles. The van der Waals surface area contributed by atoms with Crippen LogP contribution in [0.4, 0.5) is 0 Å². The molecule has 5 nitrogen and oxygen atoms in total. The first-order valence-electron chi connectivity index (χ1n) is 8.60. The summed E-state index contributed by atoms with van der Waals surface area (Å²) in [5, 5.41) is 7.47. The van der Waals surface area contributed by atoms with Gasteiger partial charge in [0, 0.05) is 24.9 Å². The molecule has 0 aliphatic carbocycles. The lowest BCUT2D eigenvalue weighted by Crippen LogP contribution is -2.25. The summed E-state index contributed by atoms with van der Waals surface area (Å²) in [6, 6.07) is 17.4. The standard InChI is InChI=1S/C20H20ClN3O2/c21-17-10-5-4-9-16(17)20-23-19(26-24-20)12-6-11-18(25)22-14-13-15-7-2-1-3-8-15/h1-5,7-10H,6,11-14H2,(H,22,25). The molecule has 3 aromatic rings. The van der Waals surface area contributed by atoms with Crippen LogP contribution in [0.2, 0.25) is 5.02 Å². The van der Waals surface area contributed by atoms with Gasteiger partial charge in [-0.15, -0.1) is 0 Å². The lowest BCUT2D eigenvalue weighted by molar-refractivity contribution is -0.121. The number of hydrogen-bond acceptors (Lipinski definition) is 4. The Bertz CT molecular complexity index is 849. The van der Waals surface area contributed by atoms with Crippen molar-refractivity contribution in [1.29, 1.82) is 0 Å². The Morgan fingerprint density at radius 2 is 1.81 bits per heavy atom. The van der Waals surface area contributed by atoms with E-state index in [1.807, 2.05) is 36.4 Å². The molecule has 0 aliphatic heterocycles. The number of carbonyl (C=O) groups excluding carboxylic acids is 1. The molecule has 0 unspecified atom stereocenters. The van der Waals surface area contributed by atoms with Gasteiger partial charge in [0.1, 0.15) is 0 Å². The van der Waals surface area contributed by atoms with Crippen LogP contribution >= 0.6 is 11.6 Å². The van der Waals surface area contributed by atoms with Gasteiger partial charge in [0.25, 0.3) is 0 Å². The number of nitrogens with one attached hydrogen (secondary N) is 1. The fourth-order valence-corrected chi connectivity index (χ4v) is 2.81. The molecule has 0 atom stereocenters. The molecule has 26 heavy (non-hydrogen) atoms. The van der Waals surface area contributed by atoms with Crippen LogP contribution in [0.1, 0.15) is 24.3 Å². The second-order valence-corrected chi connectivity index (χ2v) is 6.34. The largest absolute Gasteiger partial charge is 0.356 e. The Morgan fingerprint density at radius 3 is 2.62 bits per heavy atom. The van der Waals surface area contributed by atoms with Crippen LogP contribution < -0.4 is 5.32 Å².